The molecular formula is C18H27NO5. The molecule has 0 unspecified atom stereocenters. The lowest BCUT2D eigenvalue weighted by atomic mass is 9.82. The van der Waals surface area contributed by atoms with E-state index in [9.17, 15) is 9.59 Å². The molecule has 2 fully saturated rings. The zero-order valence-corrected chi connectivity index (χ0v) is 14.2. The molecule has 2 aliphatic heterocycles. The Morgan fingerprint density at radius 3 is 2.54 bits per heavy atom. The highest BCUT2D eigenvalue weighted by atomic mass is 16.5. The van der Waals surface area contributed by atoms with E-state index in [2.05, 4.69) is 0 Å². The van der Waals surface area contributed by atoms with E-state index in [1.807, 2.05) is 17.1 Å². The first-order valence-corrected chi connectivity index (χ1v) is 9.05. The summed E-state index contributed by atoms with van der Waals surface area (Å²) in [6.45, 7) is 3.56. The number of carbonyl (C=O) groups excluding carboxylic acids is 2. The number of carbonyl (C=O) groups is 2. The predicted molar refractivity (Wildman–Crippen MR) is 87.3 cm³/mol. The first-order chi connectivity index (χ1) is 11.8. The molecule has 6 heteroatoms. The van der Waals surface area contributed by atoms with Gasteiger partial charge < -0.3 is 19.1 Å². The van der Waals surface area contributed by atoms with Crippen molar-refractivity contribution >= 4 is 11.9 Å². The Balaban J connectivity index is 1.51. The summed E-state index contributed by atoms with van der Waals surface area (Å²) < 4.78 is 16.3. The standard InChI is InChI=1S/C18H27NO5/c20-17(19-8-12-22-13-9-19)15-5-1-2-6-16(15)18(21)24-11-7-14-4-3-10-23-14/h1-2,14-16H,3-13H2/t14-,15-,16+/m0/s1. The summed E-state index contributed by atoms with van der Waals surface area (Å²) in [5.41, 5.74) is 0. The normalized spacial score (nSPS) is 30.3. The van der Waals surface area contributed by atoms with Gasteiger partial charge in [-0.15, -0.1) is 0 Å². The molecule has 0 saturated carbocycles. The number of ether oxygens (including phenoxy) is 3. The Hall–Kier alpha value is -1.40. The molecule has 1 amide bonds. The minimum atomic E-state index is -0.366. The van der Waals surface area contributed by atoms with Crippen molar-refractivity contribution in [3.63, 3.8) is 0 Å². The van der Waals surface area contributed by atoms with Crippen LogP contribution in [0.2, 0.25) is 0 Å². The number of morpholine rings is 1. The van der Waals surface area contributed by atoms with Crippen LogP contribution in [-0.2, 0) is 23.8 Å². The van der Waals surface area contributed by atoms with Gasteiger partial charge in [0, 0.05) is 26.1 Å². The van der Waals surface area contributed by atoms with Crippen LogP contribution in [0.1, 0.15) is 32.1 Å². The molecular weight excluding hydrogens is 310 g/mol. The van der Waals surface area contributed by atoms with Crippen LogP contribution in [0, 0.1) is 11.8 Å². The second-order valence-electron chi connectivity index (χ2n) is 6.68. The molecule has 0 bridgehead atoms. The molecule has 0 radical (unpaired) electrons. The van der Waals surface area contributed by atoms with E-state index in [0.717, 1.165) is 25.9 Å². The number of allylic oxidation sites excluding steroid dienone is 2. The van der Waals surface area contributed by atoms with Crippen LogP contribution in [0.5, 0.6) is 0 Å². The summed E-state index contributed by atoms with van der Waals surface area (Å²) in [7, 11) is 0. The Kier molecular flexibility index (Phi) is 6.26. The van der Waals surface area contributed by atoms with Gasteiger partial charge in [0.1, 0.15) is 0 Å². The van der Waals surface area contributed by atoms with E-state index in [1.54, 1.807) is 0 Å². The minimum Gasteiger partial charge on any atom is -0.465 e. The first kappa shape index (κ1) is 17.4. The van der Waals surface area contributed by atoms with Gasteiger partial charge in [-0.3, -0.25) is 9.59 Å². The average Bonchev–Trinajstić information content (AvgIpc) is 3.15. The quantitative estimate of drug-likeness (QED) is 0.562. The van der Waals surface area contributed by atoms with Crippen molar-refractivity contribution in [2.24, 2.45) is 11.8 Å². The molecule has 3 rings (SSSR count). The first-order valence-electron chi connectivity index (χ1n) is 9.05. The maximum atomic E-state index is 12.8. The summed E-state index contributed by atoms with van der Waals surface area (Å²) in [6, 6.07) is 0. The molecule has 2 saturated heterocycles. The molecule has 3 atom stereocenters. The fraction of sp³-hybridized carbons (Fsp3) is 0.778. The summed E-state index contributed by atoms with van der Waals surface area (Å²) in [5.74, 6) is -0.856. The van der Waals surface area contributed by atoms with Gasteiger partial charge in [-0.05, 0) is 25.7 Å². The second-order valence-corrected chi connectivity index (χ2v) is 6.68. The van der Waals surface area contributed by atoms with Crippen LogP contribution in [0.3, 0.4) is 0 Å². The van der Waals surface area contributed by atoms with Crippen LogP contribution < -0.4 is 0 Å². The van der Waals surface area contributed by atoms with Crippen molar-refractivity contribution in [3.8, 4) is 0 Å². The van der Waals surface area contributed by atoms with Crippen molar-refractivity contribution in [1.29, 1.82) is 0 Å². The summed E-state index contributed by atoms with van der Waals surface area (Å²) in [4.78, 5) is 27.1. The Morgan fingerprint density at radius 2 is 1.83 bits per heavy atom. The number of hydrogen-bond donors (Lipinski definition) is 0. The van der Waals surface area contributed by atoms with Gasteiger partial charge in [-0.1, -0.05) is 12.2 Å². The van der Waals surface area contributed by atoms with E-state index < -0.39 is 0 Å². The lowest BCUT2D eigenvalue weighted by molar-refractivity contribution is -0.157. The zero-order valence-electron chi connectivity index (χ0n) is 14.2. The number of hydrogen-bond acceptors (Lipinski definition) is 5. The third-order valence-electron chi connectivity index (χ3n) is 5.08. The van der Waals surface area contributed by atoms with E-state index in [0.29, 0.717) is 45.8 Å². The topological polar surface area (TPSA) is 65.1 Å². The average molecular weight is 337 g/mol. The second kappa shape index (κ2) is 8.62. The number of amides is 1. The monoisotopic (exact) mass is 337 g/mol. The SMILES string of the molecule is O=C(OCC[C@@H]1CCCO1)[C@@H]1CC=CC[C@@H]1C(=O)N1CCOCC1. The predicted octanol–water partition coefficient (Wildman–Crippen LogP) is 1.54. The van der Waals surface area contributed by atoms with Crippen molar-refractivity contribution in [2.75, 3.05) is 39.5 Å². The van der Waals surface area contributed by atoms with Gasteiger partial charge in [0.2, 0.25) is 5.91 Å². The van der Waals surface area contributed by atoms with Gasteiger partial charge in [-0.25, -0.2) is 0 Å². The third kappa shape index (κ3) is 4.36. The van der Waals surface area contributed by atoms with E-state index >= 15 is 0 Å². The van der Waals surface area contributed by atoms with Gasteiger partial charge in [0.05, 0.1) is 37.8 Å². The summed E-state index contributed by atoms with van der Waals surface area (Å²) in [5, 5.41) is 0. The van der Waals surface area contributed by atoms with Crippen molar-refractivity contribution < 1.29 is 23.8 Å². The minimum absolute atomic E-state index is 0.0590. The van der Waals surface area contributed by atoms with Crippen molar-refractivity contribution in [3.05, 3.63) is 12.2 Å². The molecule has 1 aliphatic carbocycles. The van der Waals surface area contributed by atoms with E-state index in [-0.39, 0.29) is 29.8 Å². The molecule has 134 valence electrons. The van der Waals surface area contributed by atoms with Crippen LogP contribution >= 0.6 is 0 Å². The van der Waals surface area contributed by atoms with Crippen LogP contribution in [-0.4, -0.2) is 62.4 Å². The third-order valence-corrected chi connectivity index (χ3v) is 5.08. The lowest BCUT2D eigenvalue weighted by Gasteiger charge is -2.33. The van der Waals surface area contributed by atoms with Gasteiger partial charge in [0.25, 0.3) is 0 Å². The van der Waals surface area contributed by atoms with Crippen LogP contribution in [0.25, 0.3) is 0 Å². The molecule has 0 spiro atoms. The molecule has 24 heavy (non-hydrogen) atoms. The maximum absolute atomic E-state index is 12.8. The summed E-state index contributed by atoms with van der Waals surface area (Å²) in [6.07, 6.45) is 8.27. The number of rotatable bonds is 5. The van der Waals surface area contributed by atoms with Crippen molar-refractivity contribution in [2.45, 2.75) is 38.2 Å². The van der Waals surface area contributed by atoms with E-state index in [1.165, 1.54) is 0 Å². The van der Waals surface area contributed by atoms with Gasteiger partial charge >= 0.3 is 5.97 Å². The zero-order chi connectivity index (χ0) is 16.8. The molecule has 0 aromatic rings. The molecule has 2 heterocycles. The Labute approximate surface area is 143 Å². The van der Waals surface area contributed by atoms with Crippen LogP contribution in [0.15, 0.2) is 12.2 Å². The maximum Gasteiger partial charge on any atom is 0.310 e. The molecule has 6 nitrogen and oxygen atoms in total. The molecule has 3 aliphatic rings. The van der Waals surface area contributed by atoms with Gasteiger partial charge in [0.15, 0.2) is 0 Å². The molecule has 0 N–H and O–H groups in total. The van der Waals surface area contributed by atoms with Crippen molar-refractivity contribution in [1.82, 2.24) is 4.90 Å². The van der Waals surface area contributed by atoms with E-state index in [4.69, 9.17) is 14.2 Å². The number of nitrogens with zero attached hydrogens (tertiary/aromatic N) is 1. The highest BCUT2D eigenvalue weighted by Gasteiger charge is 2.37. The van der Waals surface area contributed by atoms with Crippen LogP contribution in [0.4, 0.5) is 0 Å². The number of esters is 1. The van der Waals surface area contributed by atoms with Gasteiger partial charge in [-0.2, -0.15) is 0 Å². The highest BCUT2D eigenvalue weighted by molar-refractivity contribution is 5.86. The fourth-order valence-electron chi connectivity index (χ4n) is 3.64. The molecule has 0 aromatic carbocycles. The lowest BCUT2D eigenvalue weighted by Crippen LogP contribution is -2.47. The summed E-state index contributed by atoms with van der Waals surface area (Å²) >= 11 is 0. The fourth-order valence-corrected chi connectivity index (χ4v) is 3.64. The Bertz CT molecular complexity index is 466. The largest absolute Gasteiger partial charge is 0.465 e. The highest BCUT2D eigenvalue weighted by Crippen LogP contribution is 2.29. The molecule has 0 aromatic heterocycles. The Morgan fingerprint density at radius 1 is 1.08 bits per heavy atom. The smallest absolute Gasteiger partial charge is 0.310 e.